The lowest BCUT2D eigenvalue weighted by molar-refractivity contribution is 0.0768. The van der Waals surface area contributed by atoms with E-state index in [0.29, 0.717) is 6.54 Å². The molecule has 2 heterocycles. The number of hydrogen-bond acceptors (Lipinski definition) is 5. The predicted octanol–water partition coefficient (Wildman–Crippen LogP) is -1.25. The van der Waals surface area contributed by atoms with E-state index in [1.54, 1.807) is 11.9 Å². The molecule has 0 saturated carbocycles. The number of piperazine rings is 1. The molecule has 1 fully saturated rings. The molecule has 0 unspecified atom stereocenters. The molecule has 2 rings (SSSR count). The number of rotatable bonds is 4. The Kier molecular flexibility index (Phi) is 4.64. The van der Waals surface area contributed by atoms with Gasteiger partial charge in [-0.15, -0.1) is 0 Å². The largest absolute Gasteiger partial charge is 0.339 e. The number of nitrogens with one attached hydrogen (secondary N) is 2. The number of likely N-dealkylation sites (N-methyl/N-ethyl adjacent to an activating group) is 1. The fourth-order valence-electron chi connectivity index (χ4n) is 1.99. The maximum atomic E-state index is 12.0. The van der Waals surface area contributed by atoms with E-state index in [2.05, 4.69) is 20.4 Å². The molecule has 0 bridgehead atoms. The summed E-state index contributed by atoms with van der Waals surface area (Å²) in [5.74, 6) is -0.175. The highest BCUT2D eigenvalue weighted by Crippen LogP contribution is 1.98. The number of aromatic nitrogens is 2. The number of aromatic amines is 1. The van der Waals surface area contributed by atoms with Crippen LogP contribution in [-0.4, -0.2) is 72.2 Å². The molecule has 2 N–H and O–H groups in total. The van der Waals surface area contributed by atoms with Gasteiger partial charge < -0.3 is 10.2 Å². The van der Waals surface area contributed by atoms with Crippen LogP contribution in [0.3, 0.4) is 0 Å². The van der Waals surface area contributed by atoms with E-state index in [9.17, 15) is 9.59 Å². The second-order valence-electron chi connectivity index (χ2n) is 4.62. The molecule has 7 heteroatoms. The van der Waals surface area contributed by atoms with E-state index >= 15 is 0 Å². The average molecular weight is 265 g/mol. The highest BCUT2D eigenvalue weighted by molar-refractivity contribution is 5.91. The summed E-state index contributed by atoms with van der Waals surface area (Å²) in [6.07, 6.45) is 0. The summed E-state index contributed by atoms with van der Waals surface area (Å²) in [5.41, 5.74) is -0.0394. The Morgan fingerprint density at radius 3 is 2.79 bits per heavy atom. The molecule has 0 spiro atoms. The fraction of sp³-hybridized carbons (Fsp3) is 0.583. The van der Waals surface area contributed by atoms with Crippen LogP contribution in [-0.2, 0) is 0 Å². The molecule has 0 aromatic carbocycles. The summed E-state index contributed by atoms with van der Waals surface area (Å²) in [7, 11) is 1.75. The molecule has 1 aromatic heterocycles. The maximum absolute atomic E-state index is 12.0. The highest BCUT2D eigenvalue weighted by atomic mass is 16.2. The average Bonchev–Trinajstić information content (AvgIpc) is 2.46. The third-order valence-corrected chi connectivity index (χ3v) is 3.21. The van der Waals surface area contributed by atoms with Gasteiger partial charge in [0.1, 0.15) is 5.69 Å². The Labute approximate surface area is 111 Å². The molecule has 104 valence electrons. The fourth-order valence-corrected chi connectivity index (χ4v) is 1.99. The van der Waals surface area contributed by atoms with Crippen molar-refractivity contribution in [2.75, 3.05) is 46.3 Å². The van der Waals surface area contributed by atoms with Gasteiger partial charge in [-0.2, -0.15) is 5.10 Å². The Morgan fingerprint density at radius 2 is 2.16 bits per heavy atom. The summed E-state index contributed by atoms with van der Waals surface area (Å²) in [5, 5.41) is 9.30. The molecule has 0 radical (unpaired) electrons. The van der Waals surface area contributed by atoms with Crippen LogP contribution in [0.5, 0.6) is 0 Å². The van der Waals surface area contributed by atoms with Gasteiger partial charge in [0, 0.05) is 52.4 Å². The lowest BCUT2D eigenvalue weighted by Crippen LogP contribution is -2.46. The summed E-state index contributed by atoms with van der Waals surface area (Å²) >= 11 is 0. The zero-order valence-electron chi connectivity index (χ0n) is 11.1. The predicted molar refractivity (Wildman–Crippen MR) is 71.1 cm³/mol. The Morgan fingerprint density at radius 1 is 1.42 bits per heavy atom. The van der Waals surface area contributed by atoms with Crippen LogP contribution in [0.2, 0.25) is 0 Å². The van der Waals surface area contributed by atoms with Crippen molar-refractivity contribution in [2.24, 2.45) is 0 Å². The monoisotopic (exact) mass is 265 g/mol. The van der Waals surface area contributed by atoms with Gasteiger partial charge in [-0.3, -0.25) is 14.5 Å². The quantitative estimate of drug-likeness (QED) is 0.711. The van der Waals surface area contributed by atoms with Crippen molar-refractivity contribution in [3.63, 3.8) is 0 Å². The van der Waals surface area contributed by atoms with E-state index in [0.717, 1.165) is 32.7 Å². The zero-order chi connectivity index (χ0) is 13.7. The number of hydrogen-bond donors (Lipinski definition) is 2. The van der Waals surface area contributed by atoms with Gasteiger partial charge in [-0.05, 0) is 6.07 Å². The lowest BCUT2D eigenvalue weighted by Gasteiger charge is -2.29. The molecular weight excluding hydrogens is 246 g/mol. The van der Waals surface area contributed by atoms with Crippen LogP contribution in [0.1, 0.15) is 10.5 Å². The van der Waals surface area contributed by atoms with Crippen molar-refractivity contribution >= 4 is 5.91 Å². The first-order chi connectivity index (χ1) is 9.16. The molecule has 1 amide bonds. The molecule has 7 nitrogen and oxygen atoms in total. The molecule has 0 aliphatic carbocycles. The Bertz CT molecular complexity index is 461. The van der Waals surface area contributed by atoms with Gasteiger partial charge >= 0.3 is 0 Å². The summed E-state index contributed by atoms with van der Waals surface area (Å²) in [4.78, 5) is 26.9. The van der Waals surface area contributed by atoms with Gasteiger partial charge in [0.2, 0.25) is 0 Å². The van der Waals surface area contributed by atoms with E-state index < -0.39 is 0 Å². The summed E-state index contributed by atoms with van der Waals surface area (Å²) in [6, 6.07) is 2.76. The SMILES string of the molecule is CN(CCN1CCNCC1)C(=O)c1ccc(=O)[nH]n1. The summed E-state index contributed by atoms with van der Waals surface area (Å²) in [6.45, 7) is 5.53. The molecular formula is C12H19N5O2. The molecule has 1 aliphatic heterocycles. The minimum atomic E-state index is -0.306. The van der Waals surface area contributed by atoms with E-state index in [1.165, 1.54) is 12.1 Å². The van der Waals surface area contributed by atoms with Crippen LogP contribution >= 0.6 is 0 Å². The number of nitrogens with zero attached hydrogens (tertiary/aromatic N) is 3. The van der Waals surface area contributed by atoms with Crippen molar-refractivity contribution in [1.29, 1.82) is 0 Å². The molecule has 0 atom stereocenters. The maximum Gasteiger partial charge on any atom is 0.274 e. The Balaban J connectivity index is 1.84. The Hall–Kier alpha value is -1.73. The van der Waals surface area contributed by atoms with Crippen LogP contribution in [0.4, 0.5) is 0 Å². The van der Waals surface area contributed by atoms with Gasteiger partial charge in [-0.25, -0.2) is 5.10 Å². The van der Waals surface area contributed by atoms with Crippen LogP contribution < -0.4 is 10.9 Å². The summed E-state index contributed by atoms with van der Waals surface area (Å²) < 4.78 is 0. The molecule has 1 aromatic rings. The smallest absolute Gasteiger partial charge is 0.274 e. The second-order valence-corrected chi connectivity index (χ2v) is 4.62. The molecule has 19 heavy (non-hydrogen) atoms. The highest BCUT2D eigenvalue weighted by Gasteiger charge is 2.15. The van der Waals surface area contributed by atoms with Crippen molar-refractivity contribution < 1.29 is 4.79 Å². The first kappa shape index (κ1) is 13.7. The number of amides is 1. The van der Waals surface area contributed by atoms with Crippen LogP contribution in [0.15, 0.2) is 16.9 Å². The first-order valence-corrected chi connectivity index (χ1v) is 6.41. The minimum absolute atomic E-state index is 0.175. The molecule has 1 aliphatic rings. The van der Waals surface area contributed by atoms with E-state index in [-0.39, 0.29) is 17.2 Å². The number of H-pyrrole nitrogens is 1. The third kappa shape index (κ3) is 3.87. The zero-order valence-corrected chi connectivity index (χ0v) is 11.1. The van der Waals surface area contributed by atoms with Crippen molar-refractivity contribution in [3.8, 4) is 0 Å². The van der Waals surface area contributed by atoms with Crippen molar-refractivity contribution in [3.05, 3.63) is 28.2 Å². The van der Waals surface area contributed by atoms with Gasteiger partial charge in [0.15, 0.2) is 0 Å². The number of carbonyl (C=O) groups excluding carboxylic acids is 1. The normalized spacial score (nSPS) is 16.3. The topological polar surface area (TPSA) is 81.3 Å². The lowest BCUT2D eigenvalue weighted by atomic mass is 10.3. The minimum Gasteiger partial charge on any atom is -0.339 e. The third-order valence-electron chi connectivity index (χ3n) is 3.21. The van der Waals surface area contributed by atoms with Crippen LogP contribution in [0.25, 0.3) is 0 Å². The van der Waals surface area contributed by atoms with E-state index in [4.69, 9.17) is 0 Å². The molecule has 1 saturated heterocycles. The van der Waals surface area contributed by atoms with Crippen LogP contribution in [0, 0.1) is 0 Å². The standard InChI is InChI=1S/C12H19N5O2/c1-16(8-9-17-6-4-13-5-7-17)12(19)10-2-3-11(18)15-14-10/h2-3,13H,4-9H2,1H3,(H,15,18). The van der Waals surface area contributed by atoms with Gasteiger partial charge in [0.25, 0.3) is 11.5 Å². The van der Waals surface area contributed by atoms with Gasteiger partial charge in [0.05, 0.1) is 0 Å². The second kappa shape index (κ2) is 6.44. The first-order valence-electron chi connectivity index (χ1n) is 6.41. The van der Waals surface area contributed by atoms with E-state index in [1.807, 2.05) is 0 Å². The van der Waals surface area contributed by atoms with Crippen molar-refractivity contribution in [1.82, 2.24) is 25.3 Å². The van der Waals surface area contributed by atoms with Gasteiger partial charge in [-0.1, -0.05) is 0 Å². The van der Waals surface area contributed by atoms with Crippen molar-refractivity contribution in [2.45, 2.75) is 0 Å². The number of carbonyl (C=O) groups is 1.